The number of aliphatic hydroxyl groups excluding tert-OH is 1. The van der Waals surface area contributed by atoms with Gasteiger partial charge in [-0.25, -0.2) is 0 Å². The summed E-state index contributed by atoms with van der Waals surface area (Å²) in [5.74, 6) is 0.440. The second-order valence-corrected chi connectivity index (χ2v) is 5.06. The lowest BCUT2D eigenvalue weighted by Crippen LogP contribution is -2.37. The number of nitrogens with one attached hydrogen (secondary N) is 1. The Morgan fingerprint density at radius 3 is 2.88 bits per heavy atom. The predicted octanol–water partition coefficient (Wildman–Crippen LogP) is 1.81. The molecule has 2 aromatic rings. The van der Waals surface area contributed by atoms with Crippen molar-refractivity contribution in [2.75, 3.05) is 0 Å². The molecular weight excluding hydrogens is 212 g/mol. The average Bonchev–Trinajstić information content (AvgIpc) is 3.12. The molecule has 0 aliphatic heterocycles. The summed E-state index contributed by atoms with van der Waals surface area (Å²) in [5, 5.41) is 11.2. The molecule has 17 heavy (non-hydrogen) atoms. The van der Waals surface area contributed by atoms with E-state index >= 15 is 0 Å². The highest BCUT2D eigenvalue weighted by Crippen LogP contribution is 2.34. The van der Waals surface area contributed by atoms with Crippen molar-refractivity contribution in [3.05, 3.63) is 36.0 Å². The predicted molar refractivity (Wildman–Crippen MR) is 68.7 cm³/mol. The molecule has 1 aromatic heterocycles. The third kappa shape index (κ3) is 2.08. The number of nitrogens with two attached hydrogens (primary N) is 1. The lowest BCUT2D eigenvalue weighted by molar-refractivity contribution is 0.122. The van der Waals surface area contributed by atoms with Gasteiger partial charge in [0.25, 0.3) is 0 Å². The van der Waals surface area contributed by atoms with Gasteiger partial charge in [0.1, 0.15) is 0 Å². The van der Waals surface area contributed by atoms with E-state index in [0.717, 1.165) is 24.8 Å². The molecular formula is C14H18N2O. The minimum absolute atomic E-state index is 0.151. The minimum atomic E-state index is -0.344. The molecule has 3 heteroatoms. The van der Waals surface area contributed by atoms with E-state index in [1.54, 1.807) is 0 Å². The van der Waals surface area contributed by atoms with Gasteiger partial charge in [-0.1, -0.05) is 18.2 Å². The molecule has 1 heterocycles. The number of para-hydroxylation sites is 1. The Balaban J connectivity index is 1.79. The number of aromatic nitrogens is 1. The number of aromatic amines is 1. The Morgan fingerprint density at radius 2 is 2.12 bits per heavy atom. The van der Waals surface area contributed by atoms with Crippen LogP contribution in [-0.4, -0.2) is 22.2 Å². The molecule has 0 saturated heterocycles. The quantitative estimate of drug-likeness (QED) is 0.750. The fourth-order valence-corrected chi connectivity index (χ4v) is 2.46. The van der Waals surface area contributed by atoms with Crippen LogP contribution in [-0.2, 0) is 6.42 Å². The van der Waals surface area contributed by atoms with Crippen LogP contribution < -0.4 is 5.73 Å². The molecule has 1 aromatic carbocycles. The molecule has 0 amide bonds. The summed E-state index contributed by atoms with van der Waals surface area (Å²) in [6, 6.07) is 8.05. The van der Waals surface area contributed by atoms with Gasteiger partial charge >= 0.3 is 0 Å². The zero-order valence-electron chi connectivity index (χ0n) is 9.76. The van der Waals surface area contributed by atoms with Crippen molar-refractivity contribution in [3.8, 4) is 0 Å². The Hall–Kier alpha value is -1.32. The average molecular weight is 230 g/mol. The molecule has 1 aliphatic carbocycles. The number of benzene rings is 1. The maximum atomic E-state index is 9.99. The summed E-state index contributed by atoms with van der Waals surface area (Å²) in [6.07, 6.45) is 4.65. The van der Waals surface area contributed by atoms with Crippen LogP contribution in [0.2, 0.25) is 0 Å². The van der Waals surface area contributed by atoms with Crippen molar-refractivity contribution >= 4 is 10.9 Å². The monoisotopic (exact) mass is 230 g/mol. The van der Waals surface area contributed by atoms with Crippen LogP contribution in [0.3, 0.4) is 0 Å². The first-order chi connectivity index (χ1) is 8.25. The molecule has 1 aliphatic rings. The summed E-state index contributed by atoms with van der Waals surface area (Å²) in [5.41, 5.74) is 8.41. The number of fused-ring (bicyclic) bond motifs is 1. The van der Waals surface area contributed by atoms with Crippen molar-refractivity contribution in [2.24, 2.45) is 11.7 Å². The lowest BCUT2D eigenvalue weighted by Gasteiger charge is -2.17. The first-order valence-electron chi connectivity index (χ1n) is 6.24. The van der Waals surface area contributed by atoms with Crippen molar-refractivity contribution in [2.45, 2.75) is 31.4 Å². The van der Waals surface area contributed by atoms with E-state index in [4.69, 9.17) is 5.73 Å². The maximum Gasteiger partial charge on any atom is 0.0722 e. The molecule has 0 spiro atoms. The van der Waals surface area contributed by atoms with Crippen LogP contribution in [0.4, 0.5) is 0 Å². The van der Waals surface area contributed by atoms with Gasteiger partial charge in [0.2, 0.25) is 0 Å². The second-order valence-electron chi connectivity index (χ2n) is 5.06. The number of hydrogen-bond donors (Lipinski definition) is 3. The molecule has 2 atom stereocenters. The van der Waals surface area contributed by atoms with E-state index in [1.807, 2.05) is 18.3 Å². The molecule has 90 valence electrons. The summed E-state index contributed by atoms with van der Waals surface area (Å²) >= 11 is 0. The highest BCUT2D eigenvalue weighted by atomic mass is 16.3. The van der Waals surface area contributed by atoms with E-state index in [0.29, 0.717) is 5.92 Å². The van der Waals surface area contributed by atoms with Gasteiger partial charge in [0.15, 0.2) is 0 Å². The molecule has 0 radical (unpaired) electrons. The summed E-state index contributed by atoms with van der Waals surface area (Å²) in [6.45, 7) is 0. The maximum absolute atomic E-state index is 9.99. The van der Waals surface area contributed by atoms with Crippen LogP contribution in [0.5, 0.6) is 0 Å². The zero-order chi connectivity index (χ0) is 11.8. The van der Waals surface area contributed by atoms with Crippen LogP contribution in [0.1, 0.15) is 18.4 Å². The topological polar surface area (TPSA) is 62.0 Å². The first-order valence-corrected chi connectivity index (χ1v) is 6.24. The molecule has 4 N–H and O–H groups in total. The van der Waals surface area contributed by atoms with E-state index < -0.39 is 0 Å². The van der Waals surface area contributed by atoms with E-state index in [1.165, 1.54) is 10.9 Å². The van der Waals surface area contributed by atoms with E-state index in [-0.39, 0.29) is 12.1 Å². The Bertz CT molecular complexity index is 516. The Labute approximate surface area is 101 Å². The Morgan fingerprint density at radius 1 is 1.35 bits per heavy atom. The fraction of sp³-hybridized carbons (Fsp3) is 0.429. The van der Waals surface area contributed by atoms with Gasteiger partial charge < -0.3 is 15.8 Å². The van der Waals surface area contributed by atoms with Crippen LogP contribution >= 0.6 is 0 Å². The summed E-state index contributed by atoms with van der Waals surface area (Å²) < 4.78 is 0. The van der Waals surface area contributed by atoms with E-state index in [9.17, 15) is 5.11 Å². The Kier molecular flexibility index (Phi) is 2.65. The van der Waals surface area contributed by atoms with Crippen LogP contribution in [0.15, 0.2) is 30.5 Å². The minimum Gasteiger partial charge on any atom is -0.391 e. The molecule has 1 saturated carbocycles. The van der Waals surface area contributed by atoms with Crippen molar-refractivity contribution in [1.29, 1.82) is 0 Å². The molecule has 3 nitrogen and oxygen atoms in total. The van der Waals surface area contributed by atoms with Gasteiger partial charge in [0, 0.05) is 23.1 Å². The van der Waals surface area contributed by atoms with Crippen LogP contribution in [0.25, 0.3) is 10.9 Å². The summed E-state index contributed by atoms with van der Waals surface area (Å²) in [4.78, 5) is 3.24. The number of H-pyrrole nitrogens is 1. The highest BCUT2D eigenvalue weighted by molar-refractivity contribution is 5.83. The largest absolute Gasteiger partial charge is 0.391 e. The smallest absolute Gasteiger partial charge is 0.0722 e. The van der Waals surface area contributed by atoms with Gasteiger partial charge in [-0.3, -0.25) is 0 Å². The zero-order valence-corrected chi connectivity index (χ0v) is 9.76. The number of hydrogen-bond acceptors (Lipinski definition) is 2. The van der Waals surface area contributed by atoms with Gasteiger partial charge in [-0.15, -0.1) is 0 Å². The SMILES string of the molecule is NC(Cc1c[nH]c2ccccc12)C(O)C1CC1. The molecule has 0 bridgehead atoms. The fourth-order valence-electron chi connectivity index (χ4n) is 2.46. The first kappa shape index (κ1) is 10.8. The van der Waals surface area contributed by atoms with Gasteiger partial charge in [-0.2, -0.15) is 0 Å². The van der Waals surface area contributed by atoms with Crippen molar-refractivity contribution in [1.82, 2.24) is 4.98 Å². The number of rotatable bonds is 4. The highest BCUT2D eigenvalue weighted by Gasteiger charge is 2.33. The third-order valence-electron chi connectivity index (χ3n) is 3.67. The third-order valence-corrected chi connectivity index (χ3v) is 3.67. The molecule has 3 rings (SSSR count). The number of aliphatic hydroxyl groups is 1. The van der Waals surface area contributed by atoms with E-state index in [2.05, 4.69) is 17.1 Å². The second kappa shape index (κ2) is 4.17. The lowest BCUT2D eigenvalue weighted by atomic mass is 9.99. The van der Waals surface area contributed by atoms with Gasteiger partial charge in [0.05, 0.1) is 6.10 Å². The molecule has 1 fully saturated rings. The standard InChI is InChI=1S/C14H18N2O/c15-12(14(17)9-5-6-9)7-10-8-16-13-4-2-1-3-11(10)13/h1-4,8-9,12,14,16-17H,5-7,15H2. The molecule has 2 unspecified atom stereocenters. The normalized spacial score (nSPS) is 19.4. The van der Waals surface area contributed by atoms with Gasteiger partial charge in [-0.05, 0) is 36.8 Å². The van der Waals surface area contributed by atoms with Crippen molar-refractivity contribution in [3.63, 3.8) is 0 Å². The van der Waals surface area contributed by atoms with Crippen LogP contribution in [0, 0.1) is 5.92 Å². The summed E-state index contributed by atoms with van der Waals surface area (Å²) in [7, 11) is 0. The van der Waals surface area contributed by atoms with Crippen molar-refractivity contribution < 1.29 is 5.11 Å².